The second-order valence-corrected chi connectivity index (χ2v) is 9.70. The Kier molecular flexibility index (Phi) is 7.47. The molecule has 0 heterocycles. The molecule has 0 aliphatic rings. The zero-order chi connectivity index (χ0) is 24.9. The molecule has 0 aliphatic carbocycles. The number of hydrogen-bond acceptors (Lipinski definition) is 5. The minimum absolute atomic E-state index is 0.157. The quantitative estimate of drug-likeness (QED) is 0.396. The van der Waals surface area contributed by atoms with Crippen LogP contribution in [0, 0.1) is 6.92 Å². The van der Waals surface area contributed by atoms with Gasteiger partial charge in [-0.05, 0) is 67.9 Å². The standard InChI is InChI=1S/C25H26N4O4S/c1-17-5-15-24(16-6-17)34(32,33)29(4)23-13-9-21(10-14-23)25(31)28-27-18(2)20-7-11-22(12-8-20)26-19(3)30/h5-16H,1-4H3,(H,26,30)(H,28,31)/b27-18-. The van der Waals surface area contributed by atoms with Crippen LogP contribution in [0.5, 0.6) is 0 Å². The van der Waals surface area contributed by atoms with Gasteiger partial charge >= 0.3 is 0 Å². The van der Waals surface area contributed by atoms with Crippen LogP contribution in [0.15, 0.2) is 82.8 Å². The summed E-state index contributed by atoms with van der Waals surface area (Å²) in [6.45, 7) is 5.07. The lowest BCUT2D eigenvalue weighted by Crippen LogP contribution is -2.26. The molecule has 176 valence electrons. The van der Waals surface area contributed by atoms with Crippen LogP contribution in [-0.2, 0) is 14.8 Å². The van der Waals surface area contributed by atoms with E-state index in [-0.39, 0.29) is 10.8 Å². The largest absolute Gasteiger partial charge is 0.326 e. The average molecular weight is 479 g/mol. The van der Waals surface area contributed by atoms with Crippen molar-refractivity contribution in [2.24, 2.45) is 5.10 Å². The highest BCUT2D eigenvalue weighted by atomic mass is 32.2. The van der Waals surface area contributed by atoms with Crippen molar-refractivity contribution in [1.29, 1.82) is 0 Å². The van der Waals surface area contributed by atoms with Crippen LogP contribution in [0.4, 0.5) is 11.4 Å². The Bertz CT molecular complexity index is 1310. The molecule has 0 radical (unpaired) electrons. The number of nitrogens with one attached hydrogen (secondary N) is 2. The van der Waals surface area contributed by atoms with Crippen molar-refractivity contribution in [3.63, 3.8) is 0 Å². The van der Waals surface area contributed by atoms with Gasteiger partial charge in [-0.3, -0.25) is 13.9 Å². The van der Waals surface area contributed by atoms with Crippen molar-refractivity contribution in [1.82, 2.24) is 5.43 Å². The number of aryl methyl sites for hydroxylation is 1. The maximum atomic E-state index is 12.9. The van der Waals surface area contributed by atoms with Crippen LogP contribution in [0.1, 0.15) is 35.3 Å². The zero-order valence-electron chi connectivity index (χ0n) is 19.4. The van der Waals surface area contributed by atoms with Gasteiger partial charge in [0, 0.05) is 25.2 Å². The number of carbonyl (C=O) groups is 2. The van der Waals surface area contributed by atoms with Gasteiger partial charge < -0.3 is 5.32 Å². The third kappa shape index (κ3) is 5.87. The van der Waals surface area contributed by atoms with E-state index in [1.54, 1.807) is 79.7 Å². The minimum atomic E-state index is -3.72. The van der Waals surface area contributed by atoms with E-state index in [1.165, 1.54) is 18.3 Å². The highest BCUT2D eigenvalue weighted by molar-refractivity contribution is 7.92. The van der Waals surface area contributed by atoms with Crippen molar-refractivity contribution < 1.29 is 18.0 Å². The third-order valence-electron chi connectivity index (χ3n) is 5.12. The molecule has 0 aliphatic heterocycles. The summed E-state index contributed by atoms with van der Waals surface area (Å²) in [7, 11) is -2.25. The molecule has 0 saturated heterocycles. The van der Waals surface area contributed by atoms with Crippen molar-refractivity contribution in [2.45, 2.75) is 25.7 Å². The van der Waals surface area contributed by atoms with Gasteiger partial charge in [-0.1, -0.05) is 29.8 Å². The molecule has 0 atom stereocenters. The number of carbonyl (C=O) groups excluding carboxylic acids is 2. The topological polar surface area (TPSA) is 108 Å². The van der Waals surface area contributed by atoms with Gasteiger partial charge in [0.2, 0.25) is 5.91 Å². The molecular weight excluding hydrogens is 452 g/mol. The summed E-state index contributed by atoms with van der Waals surface area (Å²) in [6.07, 6.45) is 0. The van der Waals surface area contributed by atoms with Gasteiger partial charge in [-0.2, -0.15) is 5.10 Å². The molecule has 3 aromatic rings. The van der Waals surface area contributed by atoms with E-state index >= 15 is 0 Å². The Balaban J connectivity index is 1.67. The first kappa shape index (κ1) is 24.7. The van der Waals surface area contributed by atoms with Crippen LogP contribution in [0.2, 0.25) is 0 Å². The number of rotatable bonds is 7. The van der Waals surface area contributed by atoms with E-state index in [2.05, 4.69) is 15.8 Å². The van der Waals surface area contributed by atoms with Crippen molar-refractivity contribution >= 4 is 38.9 Å². The predicted molar refractivity (Wildman–Crippen MR) is 134 cm³/mol. The summed E-state index contributed by atoms with van der Waals surface area (Å²) in [4.78, 5) is 23.8. The molecule has 0 saturated carbocycles. The van der Waals surface area contributed by atoms with Crippen LogP contribution < -0.4 is 15.0 Å². The molecular formula is C25H26N4O4S. The van der Waals surface area contributed by atoms with Gasteiger partial charge in [0.1, 0.15) is 0 Å². The van der Waals surface area contributed by atoms with Gasteiger partial charge in [0.05, 0.1) is 16.3 Å². The molecule has 0 spiro atoms. The number of amides is 2. The maximum Gasteiger partial charge on any atom is 0.271 e. The summed E-state index contributed by atoms with van der Waals surface area (Å²) < 4.78 is 26.9. The fraction of sp³-hybridized carbons (Fsp3) is 0.160. The summed E-state index contributed by atoms with van der Waals surface area (Å²) in [6, 6.07) is 19.9. The van der Waals surface area contributed by atoms with Crippen LogP contribution in [0.25, 0.3) is 0 Å². The number of benzene rings is 3. The first-order valence-corrected chi connectivity index (χ1v) is 11.9. The van der Waals surface area contributed by atoms with E-state index in [0.717, 1.165) is 11.1 Å². The Labute approximate surface area is 199 Å². The fourth-order valence-corrected chi connectivity index (χ4v) is 4.29. The highest BCUT2D eigenvalue weighted by Gasteiger charge is 2.21. The van der Waals surface area contributed by atoms with Gasteiger partial charge in [0.15, 0.2) is 0 Å². The fourth-order valence-electron chi connectivity index (χ4n) is 3.09. The van der Waals surface area contributed by atoms with E-state index in [0.29, 0.717) is 22.6 Å². The molecule has 2 N–H and O–H groups in total. The maximum absolute atomic E-state index is 12.9. The number of anilines is 2. The Hall–Kier alpha value is -3.98. The second-order valence-electron chi connectivity index (χ2n) is 7.73. The molecule has 8 nitrogen and oxygen atoms in total. The summed E-state index contributed by atoms with van der Waals surface area (Å²) >= 11 is 0. The number of hydrogen-bond donors (Lipinski definition) is 2. The lowest BCUT2D eigenvalue weighted by Gasteiger charge is -2.19. The van der Waals surface area contributed by atoms with Gasteiger partial charge in [0.25, 0.3) is 15.9 Å². The molecule has 2 amide bonds. The van der Waals surface area contributed by atoms with Crippen LogP contribution >= 0.6 is 0 Å². The van der Waals surface area contributed by atoms with Crippen LogP contribution in [0.3, 0.4) is 0 Å². The predicted octanol–water partition coefficient (Wildman–Crippen LogP) is 3.93. The molecule has 3 rings (SSSR count). The monoisotopic (exact) mass is 478 g/mol. The molecule has 9 heteroatoms. The SMILES string of the molecule is CC(=O)Nc1ccc(/C(C)=N\NC(=O)c2ccc(N(C)S(=O)(=O)c3ccc(C)cc3)cc2)cc1. The van der Waals surface area contributed by atoms with E-state index < -0.39 is 15.9 Å². The summed E-state index contributed by atoms with van der Waals surface area (Å²) in [5.74, 6) is -0.583. The number of sulfonamides is 1. The molecule has 34 heavy (non-hydrogen) atoms. The minimum Gasteiger partial charge on any atom is -0.326 e. The van der Waals surface area contributed by atoms with Gasteiger partial charge in [-0.25, -0.2) is 13.8 Å². The summed E-state index contributed by atoms with van der Waals surface area (Å²) in [5, 5.41) is 6.81. The third-order valence-corrected chi connectivity index (χ3v) is 6.92. The van der Waals surface area contributed by atoms with Gasteiger partial charge in [-0.15, -0.1) is 0 Å². The summed E-state index contributed by atoms with van der Waals surface area (Å²) in [5.41, 5.74) is 6.27. The van der Waals surface area contributed by atoms with E-state index in [9.17, 15) is 18.0 Å². The molecule has 0 bridgehead atoms. The number of hydrazone groups is 1. The van der Waals surface area contributed by atoms with Crippen molar-refractivity contribution in [3.8, 4) is 0 Å². The van der Waals surface area contributed by atoms with E-state index in [1.807, 2.05) is 6.92 Å². The Morgan fingerprint density at radius 2 is 1.38 bits per heavy atom. The Morgan fingerprint density at radius 1 is 0.824 bits per heavy atom. The zero-order valence-corrected chi connectivity index (χ0v) is 20.2. The van der Waals surface area contributed by atoms with Crippen molar-refractivity contribution in [2.75, 3.05) is 16.7 Å². The normalized spacial score (nSPS) is 11.6. The first-order chi connectivity index (χ1) is 16.1. The molecule has 0 aromatic heterocycles. The van der Waals surface area contributed by atoms with E-state index in [4.69, 9.17) is 0 Å². The average Bonchev–Trinajstić information content (AvgIpc) is 2.82. The number of nitrogens with zero attached hydrogens (tertiary/aromatic N) is 2. The molecule has 0 unspecified atom stereocenters. The lowest BCUT2D eigenvalue weighted by molar-refractivity contribution is -0.114. The molecule has 0 fully saturated rings. The molecule has 3 aromatic carbocycles. The smallest absolute Gasteiger partial charge is 0.271 e. The highest BCUT2D eigenvalue weighted by Crippen LogP contribution is 2.22. The second kappa shape index (κ2) is 10.3. The first-order valence-electron chi connectivity index (χ1n) is 10.5. The van der Waals surface area contributed by atoms with Crippen LogP contribution in [-0.4, -0.2) is 33.0 Å². The Morgan fingerprint density at radius 3 is 1.94 bits per heavy atom. The lowest BCUT2D eigenvalue weighted by atomic mass is 10.1. The van der Waals surface area contributed by atoms with Crippen molar-refractivity contribution in [3.05, 3.63) is 89.5 Å².